The van der Waals surface area contributed by atoms with Crippen LogP contribution in [0.15, 0.2) is 15.2 Å². The van der Waals surface area contributed by atoms with Crippen LogP contribution in [0, 0.1) is 13.8 Å². The van der Waals surface area contributed by atoms with Crippen LogP contribution in [0.3, 0.4) is 0 Å². The van der Waals surface area contributed by atoms with Crippen LogP contribution in [0.1, 0.15) is 28.6 Å². The van der Waals surface area contributed by atoms with Crippen molar-refractivity contribution in [2.45, 2.75) is 26.4 Å². The summed E-state index contributed by atoms with van der Waals surface area (Å²) in [5, 5.41) is 18.6. The fraction of sp³-hybridized carbons (Fsp3) is 0.417. The third kappa shape index (κ3) is 2.46. The summed E-state index contributed by atoms with van der Waals surface area (Å²) in [6, 6.07) is 0. The second-order valence-corrected chi connectivity index (χ2v) is 5.74. The molecule has 5 heteroatoms. The van der Waals surface area contributed by atoms with Gasteiger partial charge in [-0.05, 0) is 51.7 Å². The van der Waals surface area contributed by atoms with Crippen molar-refractivity contribution in [3.63, 3.8) is 0 Å². The van der Waals surface area contributed by atoms with Gasteiger partial charge in [-0.3, -0.25) is 4.68 Å². The molecule has 0 amide bonds. The van der Waals surface area contributed by atoms with E-state index in [4.69, 9.17) is 0 Å². The smallest absolute Gasteiger partial charge is 0.0856 e. The Bertz CT molecular complexity index is 533. The molecule has 2 aromatic heterocycles. The molecule has 0 spiro atoms. The van der Waals surface area contributed by atoms with E-state index in [-0.39, 0.29) is 0 Å². The van der Waals surface area contributed by atoms with E-state index < -0.39 is 6.10 Å². The van der Waals surface area contributed by atoms with E-state index in [1.165, 1.54) is 0 Å². The van der Waals surface area contributed by atoms with Gasteiger partial charge in [0.2, 0.25) is 0 Å². The summed E-state index contributed by atoms with van der Waals surface area (Å²) in [4.78, 5) is 0. The highest BCUT2D eigenvalue weighted by molar-refractivity contribution is 9.10. The van der Waals surface area contributed by atoms with Gasteiger partial charge in [-0.25, -0.2) is 0 Å². The van der Waals surface area contributed by atoms with E-state index in [9.17, 15) is 5.11 Å². The van der Waals surface area contributed by atoms with Gasteiger partial charge in [-0.15, -0.1) is 0 Å². The summed E-state index contributed by atoms with van der Waals surface area (Å²) in [5.74, 6) is 0. The van der Waals surface area contributed by atoms with E-state index >= 15 is 0 Å². The highest BCUT2D eigenvalue weighted by Crippen LogP contribution is 2.28. The normalized spacial score (nSPS) is 13.0. The number of rotatable bonds is 3. The lowest BCUT2D eigenvalue weighted by Crippen LogP contribution is -2.07. The minimum atomic E-state index is -0.465. The van der Waals surface area contributed by atoms with E-state index in [0.29, 0.717) is 6.42 Å². The molecule has 2 rings (SSSR count). The number of aryl methyl sites for hydroxylation is 3. The summed E-state index contributed by atoms with van der Waals surface area (Å²) < 4.78 is 2.82. The van der Waals surface area contributed by atoms with E-state index in [2.05, 4.69) is 26.4 Å². The molecule has 1 unspecified atom stereocenters. The summed E-state index contributed by atoms with van der Waals surface area (Å²) in [6.07, 6.45) is 0.113. The van der Waals surface area contributed by atoms with Gasteiger partial charge in [0.25, 0.3) is 0 Å². The van der Waals surface area contributed by atoms with Gasteiger partial charge < -0.3 is 5.11 Å². The fourth-order valence-corrected chi connectivity index (χ4v) is 3.30. The molecule has 1 N–H and O–H groups in total. The molecule has 0 saturated carbocycles. The van der Waals surface area contributed by atoms with Crippen molar-refractivity contribution < 1.29 is 5.11 Å². The van der Waals surface area contributed by atoms with Gasteiger partial charge in [0.1, 0.15) is 0 Å². The van der Waals surface area contributed by atoms with Crippen molar-refractivity contribution in [2.75, 3.05) is 0 Å². The largest absolute Gasteiger partial charge is 0.388 e. The van der Waals surface area contributed by atoms with Gasteiger partial charge in [-0.1, -0.05) is 0 Å². The average Bonchev–Trinajstić information content (AvgIpc) is 2.78. The number of hydrogen-bond acceptors (Lipinski definition) is 3. The van der Waals surface area contributed by atoms with Crippen LogP contribution in [-0.4, -0.2) is 14.9 Å². The minimum Gasteiger partial charge on any atom is -0.388 e. The molecule has 2 heterocycles. The number of aromatic nitrogens is 2. The Morgan fingerprint density at radius 1 is 1.47 bits per heavy atom. The molecule has 0 aromatic carbocycles. The average molecular weight is 315 g/mol. The Morgan fingerprint density at radius 2 is 2.18 bits per heavy atom. The molecule has 1 atom stereocenters. The Balaban J connectivity index is 2.24. The molecule has 2 aromatic rings. The molecule has 0 bridgehead atoms. The third-order valence-corrected chi connectivity index (χ3v) is 4.81. The Morgan fingerprint density at radius 3 is 2.65 bits per heavy atom. The van der Waals surface area contributed by atoms with E-state index in [0.717, 1.165) is 27.0 Å². The lowest BCUT2D eigenvalue weighted by molar-refractivity contribution is 0.175. The van der Waals surface area contributed by atoms with Crippen LogP contribution in [0.5, 0.6) is 0 Å². The molecule has 3 nitrogen and oxygen atoms in total. The number of aliphatic hydroxyl groups is 1. The Labute approximate surface area is 113 Å². The summed E-state index contributed by atoms with van der Waals surface area (Å²) in [5.41, 5.74) is 4.15. The third-order valence-electron chi connectivity index (χ3n) is 2.90. The summed E-state index contributed by atoms with van der Waals surface area (Å²) in [7, 11) is 1.90. The quantitative estimate of drug-likeness (QED) is 0.945. The van der Waals surface area contributed by atoms with Crippen molar-refractivity contribution >= 4 is 27.3 Å². The number of hydrogen-bond donors (Lipinski definition) is 1. The predicted octanol–water partition coefficient (Wildman–Crippen LogP) is 3.14. The molecule has 0 aliphatic heterocycles. The summed E-state index contributed by atoms with van der Waals surface area (Å²) in [6.45, 7) is 3.98. The number of aliphatic hydroxyl groups excluding tert-OH is 1. The first-order valence-electron chi connectivity index (χ1n) is 5.39. The van der Waals surface area contributed by atoms with Crippen LogP contribution in [0.25, 0.3) is 0 Å². The van der Waals surface area contributed by atoms with Crippen LogP contribution in [-0.2, 0) is 13.5 Å². The maximum Gasteiger partial charge on any atom is 0.0856 e. The summed E-state index contributed by atoms with van der Waals surface area (Å²) >= 11 is 5.14. The number of thiophene rings is 1. The van der Waals surface area contributed by atoms with Gasteiger partial charge in [-0.2, -0.15) is 16.4 Å². The van der Waals surface area contributed by atoms with Crippen LogP contribution in [0.4, 0.5) is 0 Å². The van der Waals surface area contributed by atoms with Gasteiger partial charge in [0.05, 0.1) is 22.0 Å². The van der Waals surface area contributed by atoms with Crippen molar-refractivity contribution in [1.82, 2.24) is 9.78 Å². The maximum atomic E-state index is 10.2. The molecule has 0 saturated heterocycles. The molecule has 17 heavy (non-hydrogen) atoms. The van der Waals surface area contributed by atoms with Crippen molar-refractivity contribution in [3.05, 3.63) is 37.7 Å². The topological polar surface area (TPSA) is 38.1 Å². The zero-order chi connectivity index (χ0) is 12.6. The lowest BCUT2D eigenvalue weighted by Gasteiger charge is -2.11. The van der Waals surface area contributed by atoms with Crippen molar-refractivity contribution in [3.8, 4) is 0 Å². The molecule has 92 valence electrons. The standard InChI is InChI=1S/C12H15BrN2OS/c1-7-5-17-6-9(7)11(16)4-10-12(13)8(2)14-15(10)3/h5-6,11,16H,4H2,1-3H3. The predicted molar refractivity (Wildman–Crippen MR) is 73.4 cm³/mol. The monoisotopic (exact) mass is 314 g/mol. The highest BCUT2D eigenvalue weighted by Gasteiger charge is 2.17. The molecule has 0 aliphatic carbocycles. The molecular weight excluding hydrogens is 300 g/mol. The minimum absolute atomic E-state index is 0.465. The first-order chi connectivity index (χ1) is 8.00. The second-order valence-electron chi connectivity index (χ2n) is 4.20. The maximum absolute atomic E-state index is 10.2. The lowest BCUT2D eigenvalue weighted by atomic mass is 10.0. The van der Waals surface area contributed by atoms with E-state index in [1.807, 2.05) is 31.0 Å². The zero-order valence-electron chi connectivity index (χ0n) is 10.1. The van der Waals surface area contributed by atoms with Crippen LogP contribution < -0.4 is 0 Å². The van der Waals surface area contributed by atoms with E-state index in [1.54, 1.807) is 11.3 Å². The Kier molecular flexibility index (Phi) is 3.70. The molecule has 0 fully saturated rings. The SMILES string of the molecule is Cc1cscc1C(O)Cc1c(Br)c(C)nn1C. The first kappa shape index (κ1) is 12.8. The van der Waals surface area contributed by atoms with Crippen molar-refractivity contribution in [2.24, 2.45) is 7.05 Å². The zero-order valence-corrected chi connectivity index (χ0v) is 12.5. The highest BCUT2D eigenvalue weighted by atomic mass is 79.9. The van der Waals surface area contributed by atoms with Gasteiger partial charge in [0, 0.05) is 13.5 Å². The molecular formula is C12H15BrN2OS. The van der Waals surface area contributed by atoms with Gasteiger partial charge in [0.15, 0.2) is 0 Å². The Hall–Kier alpha value is -0.650. The van der Waals surface area contributed by atoms with Crippen molar-refractivity contribution in [1.29, 1.82) is 0 Å². The van der Waals surface area contributed by atoms with Gasteiger partial charge >= 0.3 is 0 Å². The molecule has 0 aliphatic rings. The first-order valence-corrected chi connectivity index (χ1v) is 7.13. The number of nitrogens with zero attached hydrogens (tertiary/aromatic N) is 2. The van der Waals surface area contributed by atoms with Crippen LogP contribution >= 0.6 is 27.3 Å². The van der Waals surface area contributed by atoms with Crippen LogP contribution in [0.2, 0.25) is 0 Å². The fourth-order valence-electron chi connectivity index (χ4n) is 1.91. The second kappa shape index (κ2) is 4.92. The molecule has 0 radical (unpaired) electrons. The number of halogens is 1.